The molecule has 90 valence electrons. The van der Waals surface area contributed by atoms with E-state index in [1.807, 2.05) is 6.92 Å². The molecule has 0 amide bonds. The fourth-order valence-electron chi connectivity index (χ4n) is 1.95. The average molecular weight is 215 g/mol. The first-order chi connectivity index (χ1) is 7.29. The van der Waals surface area contributed by atoms with Gasteiger partial charge in [0.1, 0.15) is 0 Å². The molecule has 0 aromatic rings. The lowest BCUT2D eigenvalue weighted by molar-refractivity contribution is 0.0371. The maximum atomic E-state index is 9.09. The van der Waals surface area contributed by atoms with Crippen molar-refractivity contribution in [2.45, 2.75) is 45.1 Å². The molecular formula is C12H25NO2. The molecule has 0 aliphatic carbocycles. The van der Waals surface area contributed by atoms with Gasteiger partial charge in [0.25, 0.3) is 0 Å². The van der Waals surface area contributed by atoms with E-state index in [9.17, 15) is 0 Å². The lowest BCUT2D eigenvalue weighted by Gasteiger charge is -2.26. The number of ether oxygens (including phenoxy) is 1. The van der Waals surface area contributed by atoms with Crippen molar-refractivity contribution in [1.82, 2.24) is 4.90 Å². The summed E-state index contributed by atoms with van der Waals surface area (Å²) < 4.78 is 5.30. The smallest absolute Gasteiger partial charge is 0.0594 e. The van der Waals surface area contributed by atoms with Crippen LogP contribution in [0, 0.1) is 0 Å². The number of rotatable bonds is 7. The number of hydrogen-bond acceptors (Lipinski definition) is 3. The second-order valence-corrected chi connectivity index (χ2v) is 4.51. The van der Waals surface area contributed by atoms with Crippen LogP contribution in [0.15, 0.2) is 0 Å². The Kier molecular flexibility index (Phi) is 6.98. The van der Waals surface area contributed by atoms with Crippen LogP contribution in [0.5, 0.6) is 0 Å². The van der Waals surface area contributed by atoms with Gasteiger partial charge in [0.05, 0.1) is 19.3 Å². The van der Waals surface area contributed by atoms with Crippen LogP contribution in [0.1, 0.15) is 39.0 Å². The first kappa shape index (κ1) is 12.9. The summed E-state index contributed by atoms with van der Waals surface area (Å²) in [5.74, 6) is 0. The fourth-order valence-corrected chi connectivity index (χ4v) is 1.95. The van der Waals surface area contributed by atoms with Gasteiger partial charge in [-0.25, -0.2) is 0 Å². The molecule has 1 rings (SSSR count). The maximum Gasteiger partial charge on any atom is 0.0594 e. The Hall–Kier alpha value is -0.120. The van der Waals surface area contributed by atoms with E-state index in [0.717, 1.165) is 32.7 Å². The second-order valence-electron chi connectivity index (χ2n) is 4.51. The lowest BCUT2D eigenvalue weighted by Crippen LogP contribution is -2.36. The Morgan fingerprint density at radius 1 is 1.13 bits per heavy atom. The Bertz CT molecular complexity index is 145. The third-order valence-corrected chi connectivity index (χ3v) is 2.95. The van der Waals surface area contributed by atoms with Gasteiger partial charge in [0.2, 0.25) is 0 Å². The van der Waals surface area contributed by atoms with E-state index in [2.05, 4.69) is 4.90 Å². The molecule has 1 aliphatic heterocycles. The molecule has 1 heterocycles. The summed E-state index contributed by atoms with van der Waals surface area (Å²) in [4.78, 5) is 2.48. The number of aliphatic hydroxyl groups is 1. The molecule has 3 heteroatoms. The highest BCUT2D eigenvalue weighted by Crippen LogP contribution is 2.07. The molecule has 0 aromatic heterocycles. The second kappa shape index (κ2) is 8.08. The number of nitrogens with zero attached hydrogens (tertiary/aromatic N) is 1. The molecule has 1 atom stereocenters. The Morgan fingerprint density at radius 3 is 2.47 bits per heavy atom. The lowest BCUT2D eigenvalue weighted by atomic mass is 10.1. The minimum Gasteiger partial charge on any atom is -0.393 e. The third kappa shape index (κ3) is 6.88. The minimum atomic E-state index is -0.121. The van der Waals surface area contributed by atoms with Crippen LogP contribution in [0.2, 0.25) is 0 Å². The van der Waals surface area contributed by atoms with Gasteiger partial charge < -0.3 is 9.84 Å². The Labute approximate surface area is 93.4 Å². The zero-order valence-corrected chi connectivity index (χ0v) is 9.95. The highest BCUT2D eigenvalue weighted by molar-refractivity contribution is 4.61. The van der Waals surface area contributed by atoms with Crippen molar-refractivity contribution >= 4 is 0 Å². The summed E-state index contributed by atoms with van der Waals surface area (Å²) in [5.41, 5.74) is 0. The first-order valence-corrected chi connectivity index (χ1v) is 6.27. The molecule has 0 unspecified atom stereocenters. The maximum absolute atomic E-state index is 9.09. The normalized spacial score (nSPS) is 20.4. The van der Waals surface area contributed by atoms with Gasteiger partial charge >= 0.3 is 0 Å². The van der Waals surface area contributed by atoms with Crippen molar-refractivity contribution in [3.63, 3.8) is 0 Å². The van der Waals surface area contributed by atoms with Crippen molar-refractivity contribution in [3.05, 3.63) is 0 Å². The average Bonchev–Trinajstić information content (AvgIpc) is 2.24. The van der Waals surface area contributed by atoms with Crippen molar-refractivity contribution in [2.75, 3.05) is 32.8 Å². The number of unbranched alkanes of at least 4 members (excludes halogenated alkanes) is 3. The van der Waals surface area contributed by atoms with Crippen molar-refractivity contribution in [2.24, 2.45) is 0 Å². The van der Waals surface area contributed by atoms with Gasteiger partial charge in [-0.2, -0.15) is 0 Å². The molecule has 1 saturated heterocycles. The van der Waals surface area contributed by atoms with E-state index >= 15 is 0 Å². The molecule has 0 aromatic carbocycles. The zero-order valence-electron chi connectivity index (χ0n) is 9.95. The van der Waals surface area contributed by atoms with Crippen LogP contribution in [0.3, 0.4) is 0 Å². The third-order valence-electron chi connectivity index (χ3n) is 2.95. The van der Waals surface area contributed by atoms with Gasteiger partial charge in [-0.1, -0.05) is 19.3 Å². The summed E-state index contributed by atoms with van der Waals surface area (Å²) in [6.07, 6.45) is 5.85. The van der Waals surface area contributed by atoms with Gasteiger partial charge in [-0.05, 0) is 26.3 Å². The van der Waals surface area contributed by atoms with Crippen LogP contribution in [0.4, 0.5) is 0 Å². The first-order valence-electron chi connectivity index (χ1n) is 6.27. The van der Waals surface area contributed by atoms with Gasteiger partial charge in [0, 0.05) is 13.1 Å². The van der Waals surface area contributed by atoms with Crippen molar-refractivity contribution < 1.29 is 9.84 Å². The highest BCUT2D eigenvalue weighted by Gasteiger charge is 2.08. The molecule has 1 aliphatic rings. The number of hydrogen-bond donors (Lipinski definition) is 1. The molecule has 1 N–H and O–H groups in total. The molecule has 15 heavy (non-hydrogen) atoms. The van der Waals surface area contributed by atoms with E-state index in [0.29, 0.717) is 0 Å². The number of aliphatic hydroxyl groups excluding tert-OH is 1. The van der Waals surface area contributed by atoms with E-state index < -0.39 is 0 Å². The van der Waals surface area contributed by atoms with Crippen molar-refractivity contribution in [1.29, 1.82) is 0 Å². The fraction of sp³-hybridized carbons (Fsp3) is 1.00. The summed E-state index contributed by atoms with van der Waals surface area (Å²) in [6.45, 7) is 7.11. The largest absolute Gasteiger partial charge is 0.393 e. The van der Waals surface area contributed by atoms with Crippen LogP contribution in [-0.2, 0) is 4.74 Å². The van der Waals surface area contributed by atoms with Crippen LogP contribution < -0.4 is 0 Å². The monoisotopic (exact) mass is 215 g/mol. The predicted octanol–water partition coefficient (Wildman–Crippen LogP) is 1.65. The predicted molar refractivity (Wildman–Crippen MR) is 62.0 cm³/mol. The molecular weight excluding hydrogens is 190 g/mol. The van der Waals surface area contributed by atoms with Gasteiger partial charge in [0.15, 0.2) is 0 Å². The molecule has 3 nitrogen and oxygen atoms in total. The van der Waals surface area contributed by atoms with E-state index in [-0.39, 0.29) is 6.10 Å². The van der Waals surface area contributed by atoms with Crippen molar-refractivity contribution in [3.8, 4) is 0 Å². The van der Waals surface area contributed by atoms with E-state index in [1.165, 1.54) is 32.2 Å². The van der Waals surface area contributed by atoms with Crippen LogP contribution in [0.25, 0.3) is 0 Å². The molecule has 0 saturated carbocycles. The summed E-state index contributed by atoms with van der Waals surface area (Å²) >= 11 is 0. The highest BCUT2D eigenvalue weighted by atomic mass is 16.5. The topological polar surface area (TPSA) is 32.7 Å². The van der Waals surface area contributed by atoms with Crippen LogP contribution in [-0.4, -0.2) is 49.0 Å². The van der Waals surface area contributed by atoms with E-state index in [1.54, 1.807) is 0 Å². The SMILES string of the molecule is C[C@@H](O)CCCCCCN1CCOCC1. The van der Waals surface area contributed by atoms with Gasteiger partial charge in [-0.15, -0.1) is 0 Å². The Morgan fingerprint density at radius 2 is 1.80 bits per heavy atom. The standard InChI is InChI=1S/C12H25NO2/c1-12(14)6-4-2-3-5-7-13-8-10-15-11-9-13/h12,14H,2-11H2,1H3/t12-/m1/s1. The van der Waals surface area contributed by atoms with Gasteiger partial charge in [-0.3, -0.25) is 4.90 Å². The quantitative estimate of drug-likeness (QED) is 0.655. The van der Waals surface area contributed by atoms with E-state index in [4.69, 9.17) is 9.84 Å². The minimum absolute atomic E-state index is 0.121. The summed E-state index contributed by atoms with van der Waals surface area (Å²) in [6, 6.07) is 0. The molecule has 1 fully saturated rings. The number of morpholine rings is 1. The van der Waals surface area contributed by atoms with Crippen LogP contribution >= 0.6 is 0 Å². The molecule has 0 radical (unpaired) electrons. The molecule has 0 bridgehead atoms. The summed E-state index contributed by atoms with van der Waals surface area (Å²) in [7, 11) is 0. The zero-order chi connectivity index (χ0) is 10.9. The molecule has 0 spiro atoms. The summed E-state index contributed by atoms with van der Waals surface area (Å²) in [5, 5.41) is 9.09. The Balaban J connectivity index is 1.83.